The molecule has 1 aromatic heterocycles. The molecule has 3 rings (SSSR count). The number of anilines is 1. The SMILES string of the molecule is CN(C)CCn1c(=O)oc2ccc(NC(=O)/C=C/c3cc(C(F)(F)F)ccc3Cl)cc21. The molecular weight excluding hydrogens is 435 g/mol. The second-order valence-corrected chi connectivity index (χ2v) is 7.47. The van der Waals surface area contributed by atoms with Crippen molar-refractivity contribution in [3.8, 4) is 0 Å². The van der Waals surface area contributed by atoms with E-state index in [9.17, 15) is 22.8 Å². The molecule has 3 aromatic rings. The molecule has 2 aromatic carbocycles. The van der Waals surface area contributed by atoms with Crippen molar-refractivity contribution in [2.75, 3.05) is 26.0 Å². The topological polar surface area (TPSA) is 67.5 Å². The zero-order chi connectivity index (χ0) is 22.8. The lowest BCUT2D eigenvalue weighted by Crippen LogP contribution is -2.23. The minimum absolute atomic E-state index is 0.0643. The lowest BCUT2D eigenvalue weighted by Gasteiger charge is -2.09. The normalized spacial score (nSPS) is 12.2. The Morgan fingerprint density at radius 3 is 2.65 bits per heavy atom. The van der Waals surface area contributed by atoms with E-state index in [1.54, 1.807) is 18.2 Å². The molecule has 0 aliphatic carbocycles. The Morgan fingerprint density at radius 2 is 1.97 bits per heavy atom. The first-order valence-electron chi connectivity index (χ1n) is 9.18. The van der Waals surface area contributed by atoms with E-state index in [-0.39, 0.29) is 10.6 Å². The van der Waals surface area contributed by atoms with Crippen LogP contribution >= 0.6 is 11.6 Å². The van der Waals surface area contributed by atoms with Crippen LogP contribution in [0.2, 0.25) is 5.02 Å². The maximum Gasteiger partial charge on any atom is 0.419 e. The molecule has 0 aliphatic heterocycles. The number of alkyl halides is 3. The van der Waals surface area contributed by atoms with Crippen molar-refractivity contribution in [3.05, 3.63) is 69.2 Å². The van der Waals surface area contributed by atoms with E-state index in [4.69, 9.17) is 16.0 Å². The number of carbonyl (C=O) groups is 1. The molecule has 1 heterocycles. The van der Waals surface area contributed by atoms with Gasteiger partial charge >= 0.3 is 11.9 Å². The summed E-state index contributed by atoms with van der Waals surface area (Å²) < 4.78 is 45.3. The van der Waals surface area contributed by atoms with Gasteiger partial charge in [-0.15, -0.1) is 0 Å². The number of nitrogens with zero attached hydrogens (tertiary/aromatic N) is 2. The lowest BCUT2D eigenvalue weighted by atomic mass is 10.1. The van der Waals surface area contributed by atoms with Crippen LogP contribution in [0.4, 0.5) is 18.9 Å². The molecule has 0 saturated heterocycles. The summed E-state index contributed by atoms with van der Waals surface area (Å²) in [7, 11) is 3.75. The maximum absolute atomic E-state index is 12.9. The molecule has 0 atom stereocenters. The molecule has 31 heavy (non-hydrogen) atoms. The monoisotopic (exact) mass is 453 g/mol. The zero-order valence-electron chi connectivity index (χ0n) is 16.7. The van der Waals surface area contributed by atoms with Gasteiger partial charge in [-0.3, -0.25) is 9.36 Å². The quantitative estimate of drug-likeness (QED) is 0.559. The molecule has 0 aliphatic rings. The van der Waals surface area contributed by atoms with Crippen molar-refractivity contribution < 1.29 is 22.4 Å². The number of amides is 1. The van der Waals surface area contributed by atoms with E-state index in [2.05, 4.69) is 5.32 Å². The summed E-state index contributed by atoms with van der Waals surface area (Å²) in [4.78, 5) is 26.2. The van der Waals surface area contributed by atoms with Crippen LogP contribution in [-0.4, -0.2) is 36.0 Å². The van der Waals surface area contributed by atoms with Crippen LogP contribution < -0.4 is 11.1 Å². The molecule has 1 N–H and O–H groups in total. The van der Waals surface area contributed by atoms with Crippen LogP contribution in [0.5, 0.6) is 0 Å². The molecule has 6 nitrogen and oxygen atoms in total. The average molecular weight is 454 g/mol. The summed E-state index contributed by atoms with van der Waals surface area (Å²) in [6.07, 6.45) is -2.23. The van der Waals surface area contributed by atoms with E-state index >= 15 is 0 Å². The molecule has 164 valence electrons. The molecule has 10 heteroatoms. The van der Waals surface area contributed by atoms with Gasteiger partial charge < -0.3 is 14.6 Å². The summed E-state index contributed by atoms with van der Waals surface area (Å²) in [6, 6.07) is 7.58. The Kier molecular flexibility index (Phi) is 6.56. The summed E-state index contributed by atoms with van der Waals surface area (Å²) in [5.74, 6) is -1.07. The van der Waals surface area contributed by atoms with Crippen molar-refractivity contribution in [2.45, 2.75) is 12.7 Å². The second-order valence-electron chi connectivity index (χ2n) is 7.06. The Hall–Kier alpha value is -3.04. The van der Waals surface area contributed by atoms with Gasteiger partial charge in [0.05, 0.1) is 11.1 Å². The number of hydrogen-bond donors (Lipinski definition) is 1. The summed E-state index contributed by atoms with van der Waals surface area (Å²) >= 11 is 5.93. The number of halogens is 4. The highest BCUT2D eigenvalue weighted by atomic mass is 35.5. The Labute approximate surface area is 180 Å². The van der Waals surface area contributed by atoms with Crippen molar-refractivity contribution in [1.29, 1.82) is 0 Å². The van der Waals surface area contributed by atoms with Crippen molar-refractivity contribution in [1.82, 2.24) is 9.47 Å². The Balaban J connectivity index is 1.79. The van der Waals surface area contributed by atoms with Gasteiger partial charge in [0, 0.05) is 29.9 Å². The van der Waals surface area contributed by atoms with Gasteiger partial charge in [0.25, 0.3) is 0 Å². The van der Waals surface area contributed by atoms with Gasteiger partial charge in [-0.1, -0.05) is 11.6 Å². The number of carbonyl (C=O) groups excluding carboxylic acids is 1. The van der Waals surface area contributed by atoms with Crippen LogP contribution in [0.25, 0.3) is 17.2 Å². The molecule has 0 fully saturated rings. The van der Waals surface area contributed by atoms with Crippen LogP contribution in [0.3, 0.4) is 0 Å². The molecule has 0 unspecified atom stereocenters. The van der Waals surface area contributed by atoms with Crippen molar-refractivity contribution >= 4 is 40.4 Å². The third-order valence-corrected chi connectivity index (χ3v) is 4.79. The first-order valence-corrected chi connectivity index (χ1v) is 9.56. The minimum Gasteiger partial charge on any atom is -0.408 e. The van der Waals surface area contributed by atoms with Gasteiger partial charge in [0.15, 0.2) is 5.58 Å². The molecule has 0 spiro atoms. The van der Waals surface area contributed by atoms with Gasteiger partial charge in [0.1, 0.15) is 0 Å². The molecule has 0 radical (unpaired) electrons. The lowest BCUT2D eigenvalue weighted by molar-refractivity contribution is -0.137. The number of aromatic nitrogens is 1. The highest BCUT2D eigenvalue weighted by Crippen LogP contribution is 2.32. The number of oxazole rings is 1. The van der Waals surface area contributed by atoms with E-state index in [1.807, 2.05) is 19.0 Å². The van der Waals surface area contributed by atoms with Crippen LogP contribution in [0.1, 0.15) is 11.1 Å². The second kappa shape index (κ2) is 8.99. The third kappa shape index (κ3) is 5.56. The molecule has 0 saturated carbocycles. The van der Waals surface area contributed by atoms with E-state index in [1.165, 1.54) is 10.6 Å². The fourth-order valence-corrected chi connectivity index (χ4v) is 3.03. The largest absolute Gasteiger partial charge is 0.419 e. The van der Waals surface area contributed by atoms with E-state index in [0.717, 1.165) is 24.3 Å². The first kappa shape index (κ1) is 22.6. The summed E-state index contributed by atoms with van der Waals surface area (Å²) in [5.41, 5.74) is 0.506. The third-order valence-electron chi connectivity index (χ3n) is 4.44. The van der Waals surface area contributed by atoms with Crippen molar-refractivity contribution in [2.24, 2.45) is 0 Å². The average Bonchev–Trinajstić information content (AvgIpc) is 2.99. The van der Waals surface area contributed by atoms with Crippen LogP contribution in [-0.2, 0) is 17.5 Å². The van der Waals surface area contributed by atoms with Gasteiger partial charge in [-0.25, -0.2) is 4.79 Å². The first-order chi connectivity index (χ1) is 14.5. The predicted molar refractivity (Wildman–Crippen MR) is 113 cm³/mol. The van der Waals surface area contributed by atoms with Crippen LogP contribution in [0, 0.1) is 0 Å². The van der Waals surface area contributed by atoms with Gasteiger partial charge in [-0.2, -0.15) is 13.2 Å². The Morgan fingerprint density at radius 1 is 1.23 bits per heavy atom. The molecular formula is C21H19ClF3N3O3. The fourth-order valence-electron chi connectivity index (χ4n) is 2.85. The number of rotatable bonds is 6. The fraction of sp³-hybridized carbons (Fsp3) is 0.238. The number of hydrogen-bond acceptors (Lipinski definition) is 4. The van der Waals surface area contributed by atoms with E-state index in [0.29, 0.717) is 29.9 Å². The molecule has 1 amide bonds. The standard InChI is InChI=1S/C21H19ClF3N3O3/c1-27(2)9-10-28-17-12-15(5-7-18(17)31-20(28)30)26-19(29)8-3-13-11-14(21(23,24)25)4-6-16(13)22/h3-8,11-12H,9-10H2,1-2H3,(H,26,29)/b8-3+. The highest BCUT2D eigenvalue weighted by Gasteiger charge is 2.30. The number of likely N-dealkylation sites (N-methyl/N-ethyl adjacent to an activating group) is 1. The maximum atomic E-state index is 12.9. The smallest absolute Gasteiger partial charge is 0.408 e. The number of fused-ring (bicyclic) bond motifs is 1. The molecule has 0 bridgehead atoms. The predicted octanol–water partition coefficient (Wildman–Crippen LogP) is 4.48. The highest BCUT2D eigenvalue weighted by molar-refractivity contribution is 6.32. The zero-order valence-corrected chi connectivity index (χ0v) is 17.4. The minimum atomic E-state index is -4.52. The van der Waals surface area contributed by atoms with Crippen LogP contribution in [0.15, 0.2) is 51.7 Å². The number of nitrogens with one attached hydrogen (secondary N) is 1. The van der Waals surface area contributed by atoms with Gasteiger partial charge in [-0.05, 0) is 62.1 Å². The summed E-state index contributed by atoms with van der Waals surface area (Å²) in [6.45, 7) is 1.02. The number of benzene rings is 2. The van der Waals surface area contributed by atoms with E-state index < -0.39 is 23.4 Å². The van der Waals surface area contributed by atoms with Gasteiger partial charge in [0.2, 0.25) is 5.91 Å². The van der Waals surface area contributed by atoms with Crippen molar-refractivity contribution in [3.63, 3.8) is 0 Å². The summed E-state index contributed by atoms with van der Waals surface area (Å²) in [5, 5.41) is 2.70. The Bertz CT molecular complexity index is 1200.